The summed E-state index contributed by atoms with van der Waals surface area (Å²) >= 11 is 0. The van der Waals surface area contributed by atoms with Gasteiger partial charge < -0.3 is 14.6 Å². The van der Waals surface area contributed by atoms with Gasteiger partial charge in [0.05, 0.1) is 31.5 Å². The molecular weight excluding hydrogens is 256 g/mol. The number of rotatable bonds is 4. The summed E-state index contributed by atoms with van der Waals surface area (Å²) in [5.41, 5.74) is 0. The molecule has 1 N–H and O–H groups in total. The van der Waals surface area contributed by atoms with Crippen LogP contribution in [-0.4, -0.2) is 84.7 Å². The highest BCUT2D eigenvalue weighted by Crippen LogP contribution is 2.15. The van der Waals surface area contributed by atoms with Crippen LogP contribution in [-0.2, 0) is 9.47 Å². The van der Waals surface area contributed by atoms with Crippen LogP contribution in [0.5, 0.6) is 0 Å². The maximum Gasteiger partial charge on any atom is 0.0794 e. The Hall–Kier alpha value is -0.200. The summed E-state index contributed by atoms with van der Waals surface area (Å²) < 4.78 is 11.3. The highest BCUT2D eigenvalue weighted by molar-refractivity contribution is 4.82. The van der Waals surface area contributed by atoms with Gasteiger partial charge in [0.2, 0.25) is 0 Å². The molecule has 2 fully saturated rings. The largest absolute Gasteiger partial charge is 0.390 e. The first-order valence-electron chi connectivity index (χ1n) is 7.85. The predicted molar refractivity (Wildman–Crippen MR) is 78.9 cm³/mol. The molecule has 5 unspecified atom stereocenters. The van der Waals surface area contributed by atoms with Gasteiger partial charge in [0.1, 0.15) is 0 Å². The fraction of sp³-hybridized carbons (Fsp3) is 1.00. The molecule has 0 saturated carbocycles. The Morgan fingerprint density at radius 3 is 2.10 bits per heavy atom. The third kappa shape index (κ3) is 4.40. The standard InChI is InChI=1S/C15H30N2O3/c1-11-9-19-10-12(2)17(11)8-15(18)7-16-5-13(3)20-14(4)6-16/h11-15,18H,5-10H2,1-4H3. The highest BCUT2D eigenvalue weighted by Gasteiger charge is 2.29. The van der Waals surface area contributed by atoms with Crippen molar-refractivity contribution in [2.24, 2.45) is 0 Å². The topological polar surface area (TPSA) is 45.2 Å². The second-order valence-corrected chi connectivity index (χ2v) is 6.56. The molecule has 0 aromatic heterocycles. The molecule has 0 spiro atoms. The first kappa shape index (κ1) is 16.2. The van der Waals surface area contributed by atoms with Crippen LogP contribution >= 0.6 is 0 Å². The number of morpholine rings is 2. The van der Waals surface area contributed by atoms with Gasteiger partial charge in [0, 0.05) is 38.3 Å². The van der Waals surface area contributed by atoms with E-state index in [9.17, 15) is 5.11 Å². The van der Waals surface area contributed by atoms with Crippen LogP contribution < -0.4 is 0 Å². The van der Waals surface area contributed by atoms with Crippen molar-refractivity contribution in [3.63, 3.8) is 0 Å². The number of aliphatic hydroxyl groups excluding tert-OH is 1. The van der Waals surface area contributed by atoms with Crippen LogP contribution in [0.3, 0.4) is 0 Å². The van der Waals surface area contributed by atoms with Gasteiger partial charge in [-0.3, -0.25) is 9.80 Å². The molecular formula is C15H30N2O3. The van der Waals surface area contributed by atoms with Crippen molar-refractivity contribution < 1.29 is 14.6 Å². The molecule has 20 heavy (non-hydrogen) atoms. The quantitative estimate of drug-likeness (QED) is 0.818. The van der Waals surface area contributed by atoms with Crippen molar-refractivity contribution in [1.29, 1.82) is 0 Å². The zero-order valence-electron chi connectivity index (χ0n) is 13.3. The lowest BCUT2D eigenvalue weighted by atomic mass is 10.1. The number of hydrogen-bond donors (Lipinski definition) is 1. The summed E-state index contributed by atoms with van der Waals surface area (Å²) in [6, 6.07) is 0.770. The van der Waals surface area contributed by atoms with Gasteiger partial charge in [-0.25, -0.2) is 0 Å². The molecule has 2 rings (SSSR count). The van der Waals surface area contributed by atoms with Crippen molar-refractivity contribution >= 4 is 0 Å². The highest BCUT2D eigenvalue weighted by atomic mass is 16.5. The van der Waals surface area contributed by atoms with Crippen LogP contribution in [0.15, 0.2) is 0 Å². The molecule has 2 heterocycles. The molecule has 5 nitrogen and oxygen atoms in total. The van der Waals surface area contributed by atoms with Crippen molar-refractivity contribution in [3.05, 3.63) is 0 Å². The molecule has 0 aromatic rings. The summed E-state index contributed by atoms with van der Waals surface area (Å²) in [5, 5.41) is 10.4. The van der Waals surface area contributed by atoms with Gasteiger partial charge in [0.15, 0.2) is 0 Å². The van der Waals surface area contributed by atoms with Crippen LogP contribution in [0.4, 0.5) is 0 Å². The number of hydrogen-bond acceptors (Lipinski definition) is 5. The number of aliphatic hydroxyl groups is 1. The molecule has 118 valence electrons. The van der Waals surface area contributed by atoms with Crippen LogP contribution in [0.2, 0.25) is 0 Å². The van der Waals surface area contributed by atoms with E-state index in [1.54, 1.807) is 0 Å². The molecule has 2 aliphatic heterocycles. The minimum absolute atomic E-state index is 0.257. The Morgan fingerprint density at radius 1 is 1.00 bits per heavy atom. The average molecular weight is 286 g/mol. The molecule has 5 atom stereocenters. The zero-order valence-corrected chi connectivity index (χ0v) is 13.3. The zero-order chi connectivity index (χ0) is 14.7. The van der Waals surface area contributed by atoms with Crippen molar-refractivity contribution in [2.45, 2.75) is 58.1 Å². The van der Waals surface area contributed by atoms with Gasteiger partial charge >= 0.3 is 0 Å². The minimum Gasteiger partial charge on any atom is -0.390 e. The van der Waals surface area contributed by atoms with E-state index >= 15 is 0 Å². The summed E-state index contributed by atoms with van der Waals surface area (Å²) in [7, 11) is 0. The lowest BCUT2D eigenvalue weighted by Gasteiger charge is -2.41. The average Bonchev–Trinajstić information content (AvgIpc) is 2.32. The van der Waals surface area contributed by atoms with E-state index in [0.717, 1.165) is 39.4 Å². The van der Waals surface area contributed by atoms with Crippen molar-refractivity contribution in [2.75, 3.05) is 39.4 Å². The molecule has 0 amide bonds. The van der Waals surface area contributed by atoms with Gasteiger partial charge in [-0.2, -0.15) is 0 Å². The van der Waals surface area contributed by atoms with E-state index in [-0.39, 0.29) is 18.3 Å². The first-order valence-corrected chi connectivity index (χ1v) is 7.85. The third-order valence-electron chi connectivity index (χ3n) is 4.24. The molecule has 2 aliphatic rings. The van der Waals surface area contributed by atoms with Gasteiger partial charge in [0.25, 0.3) is 0 Å². The fourth-order valence-corrected chi connectivity index (χ4v) is 3.43. The second-order valence-electron chi connectivity index (χ2n) is 6.56. The predicted octanol–water partition coefficient (Wildman–Crippen LogP) is 0.566. The van der Waals surface area contributed by atoms with E-state index in [4.69, 9.17) is 9.47 Å². The molecule has 2 saturated heterocycles. The first-order chi connectivity index (χ1) is 9.45. The third-order valence-corrected chi connectivity index (χ3v) is 4.24. The fourth-order valence-electron chi connectivity index (χ4n) is 3.43. The smallest absolute Gasteiger partial charge is 0.0794 e. The molecule has 0 aromatic carbocycles. The summed E-state index contributed by atoms with van der Waals surface area (Å²) in [4.78, 5) is 4.68. The van der Waals surface area contributed by atoms with E-state index < -0.39 is 0 Å². The van der Waals surface area contributed by atoms with E-state index in [0.29, 0.717) is 12.1 Å². The van der Waals surface area contributed by atoms with E-state index in [2.05, 4.69) is 37.5 Å². The molecule has 0 aliphatic carbocycles. The maximum atomic E-state index is 10.4. The van der Waals surface area contributed by atoms with Gasteiger partial charge in [-0.05, 0) is 27.7 Å². The molecule has 0 radical (unpaired) electrons. The van der Waals surface area contributed by atoms with Gasteiger partial charge in [-0.15, -0.1) is 0 Å². The van der Waals surface area contributed by atoms with Gasteiger partial charge in [-0.1, -0.05) is 0 Å². The Kier molecular flexibility index (Phi) is 5.81. The summed E-state index contributed by atoms with van der Waals surface area (Å²) in [6.07, 6.45) is 0.204. The Labute approximate surface area is 122 Å². The number of β-amino-alcohol motifs (C(OH)–C–C–N with tert-alkyl or cyclic N) is 1. The Morgan fingerprint density at radius 2 is 1.55 bits per heavy atom. The molecule has 0 bridgehead atoms. The number of ether oxygens (including phenoxy) is 2. The maximum absolute atomic E-state index is 10.4. The van der Waals surface area contributed by atoms with Crippen LogP contribution in [0, 0.1) is 0 Å². The summed E-state index contributed by atoms with van der Waals surface area (Å²) in [5.74, 6) is 0. The second kappa shape index (κ2) is 7.18. The Balaban J connectivity index is 1.80. The van der Waals surface area contributed by atoms with Crippen LogP contribution in [0.1, 0.15) is 27.7 Å². The summed E-state index contributed by atoms with van der Waals surface area (Å²) in [6.45, 7) is 13.3. The normalized spacial score (nSPS) is 38.9. The van der Waals surface area contributed by atoms with E-state index in [1.807, 2.05) is 0 Å². The minimum atomic E-state index is -0.310. The van der Waals surface area contributed by atoms with Crippen LogP contribution in [0.25, 0.3) is 0 Å². The SMILES string of the molecule is CC1CN(CC(O)CN2C(C)COCC2C)CC(C)O1. The monoisotopic (exact) mass is 286 g/mol. The van der Waals surface area contributed by atoms with Crippen molar-refractivity contribution in [1.82, 2.24) is 9.80 Å². The molecule has 5 heteroatoms. The van der Waals surface area contributed by atoms with E-state index in [1.165, 1.54) is 0 Å². The lowest BCUT2D eigenvalue weighted by Crippen LogP contribution is -2.55. The van der Waals surface area contributed by atoms with Crippen molar-refractivity contribution in [3.8, 4) is 0 Å². The Bertz CT molecular complexity index is 283. The lowest BCUT2D eigenvalue weighted by molar-refractivity contribution is -0.0866. The number of nitrogens with zero attached hydrogens (tertiary/aromatic N) is 2.